The lowest BCUT2D eigenvalue weighted by atomic mass is 10.2. The van der Waals surface area contributed by atoms with Gasteiger partial charge < -0.3 is 9.15 Å². The molecular formula is C14H14N2O2. The van der Waals surface area contributed by atoms with Crippen LogP contribution in [0.25, 0.3) is 11.5 Å². The van der Waals surface area contributed by atoms with Crippen LogP contribution in [0.3, 0.4) is 0 Å². The minimum Gasteiger partial charge on any atom is -0.473 e. The summed E-state index contributed by atoms with van der Waals surface area (Å²) >= 11 is 0. The van der Waals surface area contributed by atoms with Crippen molar-refractivity contribution in [3.05, 3.63) is 41.8 Å². The van der Waals surface area contributed by atoms with Crippen molar-refractivity contribution < 1.29 is 9.15 Å². The zero-order chi connectivity index (χ0) is 12.5. The van der Waals surface area contributed by atoms with Crippen LogP contribution in [0.15, 0.2) is 39.7 Å². The van der Waals surface area contributed by atoms with Crippen molar-refractivity contribution in [3.8, 4) is 11.5 Å². The van der Waals surface area contributed by atoms with Crippen molar-refractivity contribution in [3.63, 3.8) is 0 Å². The SMILES string of the molecule is Cc1nc(-c2ccccc2)oc1C1=NC(C)CO1. The first kappa shape index (κ1) is 11.0. The maximum Gasteiger partial charge on any atom is 0.255 e. The van der Waals surface area contributed by atoms with E-state index in [4.69, 9.17) is 9.15 Å². The summed E-state index contributed by atoms with van der Waals surface area (Å²) < 4.78 is 11.3. The lowest BCUT2D eigenvalue weighted by Crippen LogP contribution is -2.02. The highest BCUT2D eigenvalue weighted by Crippen LogP contribution is 2.23. The molecule has 2 heterocycles. The third kappa shape index (κ3) is 1.90. The van der Waals surface area contributed by atoms with Crippen LogP contribution in [0.4, 0.5) is 0 Å². The average Bonchev–Trinajstić information content (AvgIpc) is 2.97. The summed E-state index contributed by atoms with van der Waals surface area (Å²) in [4.78, 5) is 8.81. The number of benzene rings is 1. The Morgan fingerprint density at radius 3 is 2.67 bits per heavy atom. The number of aliphatic imine (C=N–C) groups is 1. The van der Waals surface area contributed by atoms with Gasteiger partial charge in [0, 0.05) is 5.56 Å². The molecule has 1 aromatic carbocycles. The number of hydrogen-bond acceptors (Lipinski definition) is 4. The minimum absolute atomic E-state index is 0.185. The van der Waals surface area contributed by atoms with Crippen molar-refractivity contribution >= 4 is 5.90 Å². The number of nitrogens with zero attached hydrogens (tertiary/aromatic N) is 2. The number of hydrogen-bond donors (Lipinski definition) is 0. The zero-order valence-corrected chi connectivity index (χ0v) is 10.4. The lowest BCUT2D eigenvalue weighted by Gasteiger charge is -1.97. The van der Waals surface area contributed by atoms with Gasteiger partial charge in [-0.15, -0.1) is 0 Å². The molecule has 0 N–H and O–H groups in total. The lowest BCUT2D eigenvalue weighted by molar-refractivity contribution is 0.317. The van der Waals surface area contributed by atoms with Crippen molar-refractivity contribution in [1.82, 2.24) is 4.98 Å². The molecule has 3 rings (SSSR count). The number of oxazole rings is 1. The summed E-state index contributed by atoms with van der Waals surface area (Å²) in [7, 11) is 0. The molecule has 4 heteroatoms. The molecule has 1 unspecified atom stereocenters. The van der Waals surface area contributed by atoms with Gasteiger partial charge in [0.2, 0.25) is 11.7 Å². The first-order valence-electron chi connectivity index (χ1n) is 5.98. The molecule has 0 saturated carbocycles. The summed E-state index contributed by atoms with van der Waals surface area (Å²) in [5.41, 5.74) is 1.76. The van der Waals surface area contributed by atoms with Crippen LogP contribution < -0.4 is 0 Å². The molecule has 0 saturated heterocycles. The topological polar surface area (TPSA) is 47.6 Å². The molecule has 0 bridgehead atoms. The van der Waals surface area contributed by atoms with Gasteiger partial charge in [-0.1, -0.05) is 18.2 Å². The zero-order valence-electron chi connectivity index (χ0n) is 10.4. The number of rotatable bonds is 2. The Morgan fingerprint density at radius 1 is 1.22 bits per heavy atom. The maximum atomic E-state index is 5.77. The van der Waals surface area contributed by atoms with Gasteiger partial charge in [-0.05, 0) is 26.0 Å². The van der Waals surface area contributed by atoms with Crippen molar-refractivity contribution in [1.29, 1.82) is 0 Å². The molecule has 0 fully saturated rings. The van der Waals surface area contributed by atoms with Gasteiger partial charge >= 0.3 is 0 Å². The Hall–Kier alpha value is -2.10. The van der Waals surface area contributed by atoms with E-state index in [9.17, 15) is 0 Å². The monoisotopic (exact) mass is 242 g/mol. The van der Waals surface area contributed by atoms with Crippen LogP contribution in [-0.4, -0.2) is 23.5 Å². The molecule has 0 aliphatic carbocycles. The largest absolute Gasteiger partial charge is 0.473 e. The van der Waals surface area contributed by atoms with Gasteiger partial charge in [-0.2, -0.15) is 0 Å². The third-order valence-corrected chi connectivity index (χ3v) is 2.81. The summed E-state index contributed by atoms with van der Waals surface area (Å²) in [5.74, 6) is 1.81. The van der Waals surface area contributed by atoms with Crippen molar-refractivity contribution in [2.24, 2.45) is 4.99 Å². The highest BCUT2D eigenvalue weighted by Gasteiger charge is 2.23. The van der Waals surface area contributed by atoms with Crippen LogP contribution in [0.2, 0.25) is 0 Å². The Kier molecular flexibility index (Phi) is 2.63. The molecule has 4 nitrogen and oxygen atoms in total. The fraction of sp³-hybridized carbons (Fsp3) is 0.286. The number of ether oxygens (including phenoxy) is 1. The van der Waals surface area contributed by atoms with E-state index in [0.717, 1.165) is 11.3 Å². The van der Waals surface area contributed by atoms with Gasteiger partial charge in [0.25, 0.3) is 5.90 Å². The molecule has 1 aliphatic heterocycles. The molecule has 18 heavy (non-hydrogen) atoms. The minimum atomic E-state index is 0.185. The molecule has 0 radical (unpaired) electrons. The highest BCUT2D eigenvalue weighted by atomic mass is 16.5. The summed E-state index contributed by atoms with van der Waals surface area (Å²) in [6, 6.07) is 10.0. The van der Waals surface area contributed by atoms with Crippen LogP contribution in [0, 0.1) is 6.92 Å². The van der Waals surface area contributed by atoms with Crippen molar-refractivity contribution in [2.45, 2.75) is 19.9 Å². The van der Waals surface area contributed by atoms with Gasteiger partial charge in [0.05, 0.1) is 11.7 Å². The predicted molar refractivity (Wildman–Crippen MR) is 68.6 cm³/mol. The van der Waals surface area contributed by atoms with E-state index in [1.807, 2.05) is 44.2 Å². The number of aromatic nitrogens is 1. The summed E-state index contributed by atoms with van der Waals surface area (Å²) in [6.07, 6.45) is 0. The standard InChI is InChI=1S/C14H14N2O2/c1-9-8-17-14(15-9)12-10(2)16-13(18-12)11-6-4-3-5-7-11/h3-7,9H,8H2,1-2H3. The van der Waals surface area contributed by atoms with Gasteiger partial charge in [0.15, 0.2) is 0 Å². The molecule has 2 aromatic rings. The number of aryl methyl sites for hydroxylation is 1. The van der Waals surface area contributed by atoms with Crippen LogP contribution >= 0.6 is 0 Å². The second kappa shape index (κ2) is 4.29. The molecule has 1 aliphatic rings. The maximum absolute atomic E-state index is 5.77. The van der Waals surface area contributed by atoms with Crippen molar-refractivity contribution in [2.75, 3.05) is 6.61 Å². The highest BCUT2D eigenvalue weighted by molar-refractivity contribution is 5.93. The van der Waals surface area contributed by atoms with Gasteiger partial charge in [-0.25, -0.2) is 9.98 Å². The van der Waals surface area contributed by atoms with Crippen LogP contribution in [-0.2, 0) is 4.74 Å². The quantitative estimate of drug-likeness (QED) is 0.813. The summed E-state index contributed by atoms with van der Waals surface area (Å²) in [5, 5.41) is 0. The molecule has 1 atom stereocenters. The first-order valence-corrected chi connectivity index (χ1v) is 5.98. The normalized spacial score (nSPS) is 18.6. The molecule has 92 valence electrons. The smallest absolute Gasteiger partial charge is 0.255 e. The fourth-order valence-electron chi connectivity index (χ4n) is 1.90. The first-order chi connectivity index (χ1) is 8.74. The van der Waals surface area contributed by atoms with Gasteiger partial charge in [-0.3, -0.25) is 0 Å². The summed E-state index contributed by atoms with van der Waals surface area (Å²) in [6.45, 7) is 4.52. The van der Waals surface area contributed by atoms with E-state index in [-0.39, 0.29) is 6.04 Å². The second-order valence-electron chi connectivity index (χ2n) is 4.39. The molecule has 0 spiro atoms. The van der Waals surface area contributed by atoms with E-state index in [0.29, 0.717) is 24.2 Å². The van der Waals surface area contributed by atoms with Crippen LogP contribution in [0.5, 0.6) is 0 Å². The van der Waals surface area contributed by atoms with E-state index in [2.05, 4.69) is 9.98 Å². The predicted octanol–water partition coefficient (Wildman–Crippen LogP) is 2.82. The Morgan fingerprint density at radius 2 is 2.00 bits per heavy atom. The molecule has 0 amide bonds. The van der Waals surface area contributed by atoms with E-state index in [1.165, 1.54) is 0 Å². The second-order valence-corrected chi connectivity index (χ2v) is 4.39. The fourth-order valence-corrected chi connectivity index (χ4v) is 1.90. The molecule has 1 aromatic heterocycles. The Labute approximate surface area is 105 Å². The average molecular weight is 242 g/mol. The Balaban J connectivity index is 1.99. The van der Waals surface area contributed by atoms with Gasteiger partial charge in [0.1, 0.15) is 6.61 Å². The van der Waals surface area contributed by atoms with E-state index in [1.54, 1.807) is 0 Å². The molecular weight excluding hydrogens is 228 g/mol. The van der Waals surface area contributed by atoms with Crippen LogP contribution in [0.1, 0.15) is 18.4 Å². The Bertz CT molecular complexity index is 587. The third-order valence-electron chi connectivity index (χ3n) is 2.81. The van der Waals surface area contributed by atoms with E-state index >= 15 is 0 Å². The van der Waals surface area contributed by atoms with E-state index < -0.39 is 0 Å².